The van der Waals surface area contributed by atoms with Crippen LogP contribution in [0.5, 0.6) is 0 Å². The molecule has 0 saturated carbocycles. The van der Waals surface area contributed by atoms with Crippen LogP contribution < -0.4 is 10.6 Å². The summed E-state index contributed by atoms with van der Waals surface area (Å²) in [5, 5.41) is 11.2. The van der Waals surface area contributed by atoms with Gasteiger partial charge >= 0.3 is 0 Å². The third-order valence-corrected chi connectivity index (χ3v) is 3.17. The molecule has 5 nitrogen and oxygen atoms in total. The van der Waals surface area contributed by atoms with Gasteiger partial charge in [-0.2, -0.15) is 5.10 Å². The normalized spacial score (nSPS) is 13.1. The summed E-state index contributed by atoms with van der Waals surface area (Å²) in [7, 11) is 1.97. The van der Waals surface area contributed by atoms with Crippen molar-refractivity contribution in [2.45, 2.75) is 26.7 Å². The number of hydrogen-bond acceptors (Lipinski definition) is 4. The second kappa shape index (κ2) is 6.02. The highest BCUT2D eigenvalue weighted by atomic mass is 15.2. The Labute approximate surface area is 114 Å². The van der Waals surface area contributed by atoms with E-state index in [4.69, 9.17) is 0 Å². The van der Waals surface area contributed by atoms with E-state index in [1.54, 1.807) is 6.20 Å². The summed E-state index contributed by atoms with van der Waals surface area (Å²) >= 11 is 0. The second-order valence-corrected chi connectivity index (χ2v) is 5.37. The molecule has 19 heavy (non-hydrogen) atoms. The quantitative estimate of drug-likeness (QED) is 0.836. The van der Waals surface area contributed by atoms with Gasteiger partial charge in [0.15, 0.2) is 5.82 Å². The van der Waals surface area contributed by atoms with E-state index < -0.39 is 0 Å². The number of rotatable bonds is 6. The summed E-state index contributed by atoms with van der Waals surface area (Å²) in [4.78, 5) is 4.42. The molecule has 2 heterocycles. The highest BCUT2D eigenvalue weighted by Gasteiger charge is 2.10. The van der Waals surface area contributed by atoms with Gasteiger partial charge in [-0.05, 0) is 31.5 Å². The highest BCUT2D eigenvalue weighted by molar-refractivity contribution is 5.67. The van der Waals surface area contributed by atoms with Crippen molar-refractivity contribution in [3.8, 4) is 0 Å². The van der Waals surface area contributed by atoms with Crippen LogP contribution in [-0.2, 0) is 0 Å². The molecule has 0 fully saturated rings. The summed E-state index contributed by atoms with van der Waals surface area (Å²) in [6.07, 6.45) is 3.68. The lowest BCUT2D eigenvalue weighted by Gasteiger charge is -2.12. The fourth-order valence-electron chi connectivity index (χ4n) is 2.05. The van der Waals surface area contributed by atoms with Gasteiger partial charge in [0.25, 0.3) is 0 Å². The van der Waals surface area contributed by atoms with Gasteiger partial charge in [0.05, 0.1) is 5.69 Å². The zero-order valence-corrected chi connectivity index (χ0v) is 12.1. The molecule has 0 aliphatic carbocycles. The summed E-state index contributed by atoms with van der Waals surface area (Å²) < 4.78 is 1.90. The predicted octanol–water partition coefficient (Wildman–Crippen LogP) is 2.12. The van der Waals surface area contributed by atoms with Crippen LogP contribution in [0.4, 0.5) is 5.82 Å². The zero-order valence-electron chi connectivity index (χ0n) is 12.1. The molecule has 2 aromatic heterocycles. The summed E-state index contributed by atoms with van der Waals surface area (Å²) in [5.41, 5.74) is 2.14. The smallest absolute Gasteiger partial charge is 0.152 e. The van der Waals surface area contributed by atoms with Crippen LogP contribution in [0, 0.1) is 5.92 Å². The molecule has 5 heteroatoms. The van der Waals surface area contributed by atoms with Crippen LogP contribution in [-0.4, -0.2) is 34.7 Å². The van der Waals surface area contributed by atoms with Crippen molar-refractivity contribution in [1.82, 2.24) is 19.9 Å². The summed E-state index contributed by atoms with van der Waals surface area (Å²) in [6.45, 7) is 8.40. The molecule has 1 atom stereocenters. The monoisotopic (exact) mass is 261 g/mol. The molecule has 2 aromatic rings. The van der Waals surface area contributed by atoms with Gasteiger partial charge in [-0.15, -0.1) is 0 Å². The van der Waals surface area contributed by atoms with Crippen LogP contribution in [0.1, 0.15) is 32.4 Å². The van der Waals surface area contributed by atoms with Crippen molar-refractivity contribution >= 4 is 11.3 Å². The predicted molar refractivity (Wildman–Crippen MR) is 78.7 cm³/mol. The van der Waals surface area contributed by atoms with Crippen LogP contribution in [0.2, 0.25) is 0 Å². The van der Waals surface area contributed by atoms with Gasteiger partial charge in [-0.3, -0.25) is 0 Å². The van der Waals surface area contributed by atoms with Crippen molar-refractivity contribution < 1.29 is 0 Å². The fourth-order valence-corrected chi connectivity index (χ4v) is 2.05. The molecule has 2 rings (SSSR count). The molecule has 0 bridgehead atoms. The van der Waals surface area contributed by atoms with Crippen LogP contribution >= 0.6 is 0 Å². The molecule has 0 amide bonds. The van der Waals surface area contributed by atoms with Gasteiger partial charge < -0.3 is 10.6 Å². The lowest BCUT2D eigenvalue weighted by atomic mass is 10.1. The molecule has 1 unspecified atom stereocenters. The largest absolute Gasteiger partial charge is 0.368 e. The molecule has 2 N–H and O–H groups in total. The van der Waals surface area contributed by atoms with Gasteiger partial charge in [0.1, 0.15) is 5.52 Å². The van der Waals surface area contributed by atoms with Gasteiger partial charge in [0, 0.05) is 18.9 Å². The van der Waals surface area contributed by atoms with Gasteiger partial charge in [-0.25, -0.2) is 9.50 Å². The lowest BCUT2D eigenvalue weighted by Crippen LogP contribution is -2.23. The Morgan fingerprint density at radius 2 is 2.05 bits per heavy atom. The summed E-state index contributed by atoms with van der Waals surface area (Å²) in [6, 6.07) is 2.11. The number of aromatic nitrogens is 3. The van der Waals surface area contributed by atoms with Crippen LogP contribution in [0.25, 0.3) is 5.52 Å². The molecule has 0 aliphatic rings. The minimum Gasteiger partial charge on any atom is -0.368 e. The van der Waals surface area contributed by atoms with E-state index in [1.165, 1.54) is 0 Å². The number of hydrogen-bond donors (Lipinski definition) is 2. The zero-order chi connectivity index (χ0) is 13.8. The fraction of sp³-hybridized carbons (Fsp3) is 0.571. The first-order valence-electron chi connectivity index (χ1n) is 6.84. The minimum absolute atomic E-state index is 0.427. The summed E-state index contributed by atoms with van der Waals surface area (Å²) in [5.74, 6) is 1.89. The third-order valence-electron chi connectivity index (χ3n) is 3.17. The maximum Gasteiger partial charge on any atom is 0.152 e. The molecule has 0 radical (unpaired) electrons. The van der Waals surface area contributed by atoms with Crippen molar-refractivity contribution in [3.05, 3.63) is 24.2 Å². The van der Waals surface area contributed by atoms with E-state index in [0.29, 0.717) is 11.8 Å². The van der Waals surface area contributed by atoms with Crippen molar-refractivity contribution in [1.29, 1.82) is 0 Å². The van der Waals surface area contributed by atoms with E-state index in [-0.39, 0.29) is 0 Å². The van der Waals surface area contributed by atoms with Crippen LogP contribution in [0.15, 0.2) is 18.5 Å². The van der Waals surface area contributed by atoms with E-state index in [2.05, 4.69) is 47.6 Å². The molecule has 0 spiro atoms. The Hall–Kier alpha value is -1.62. The van der Waals surface area contributed by atoms with E-state index in [0.717, 1.165) is 30.1 Å². The Morgan fingerprint density at radius 3 is 2.74 bits per heavy atom. The lowest BCUT2D eigenvalue weighted by molar-refractivity contribution is 0.569. The Kier molecular flexibility index (Phi) is 4.37. The molecule has 0 saturated heterocycles. The minimum atomic E-state index is 0.427. The van der Waals surface area contributed by atoms with Gasteiger partial charge in [-0.1, -0.05) is 20.8 Å². The van der Waals surface area contributed by atoms with Crippen molar-refractivity contribution in [3.63, 3.8) is 0 Å². The Balaban J connectivity index is 2.18. The Morgan fingerprint density at radius 1 is 1.26 bits per heavy atom. The standard InChI is InChI=1S/C14H23N5/c1-10(2)12-7-13-14(16-5-6-19(13)18-12)17-9-11(3)8-15-4/h5-7,10-11,15H,8-9H2,1-4H3,(H,16,17). The van der Waals surface area contributed by atoms with Crippen molar-refractivity contribution in [2.24, 2.45) is 5.92 Å². The third kappa shape index (κ3) is 3.23. The van der Waals surface area contributed by atoms with Crippen molar-refractivity contribution in [2.75, 3.05) is 25.5 Å². The molecule has 104 valence electrons. The van der Waals surface area contributed by atoms with E-state index in [9.17, 15) is 0 Å². The molecule has 0 aromatic carbocycles. The first-order valence-corrected chi connectivity index (χ1v) is 6.84. The second-order valence-electron chi connectivity index (χ2n) is 5.37. The van der Waals surface area contributed by atoms with E-state index in [1.807, 2.05) is 17.8 Å². The first kappa shape index (κ1) is 13.8. The number of fused-ring (bicyclic) bond motifs is 1. The molecular weight excluding hydrogens is 238 g/mol. The number of nitrogens with zero attached hydrogens (tertiary/aromatic N) is 3. The Bertz CT molecular complexity index is 532. The first-order chi connectivity index (χ1) is 9.11. The van der Waals surface area contributed by atoms with Crippen LogP contribution in [0.3, 0.4) is 0 Å². The SMILES string of the molecule is CNCC(C)CNc1nccn2nc(C(C)C)cc12. The maximum absolute atomic E-state index is 4.56. The molecular formula is C14H23N5. The average molecular weight is 261 g/mol. The number of nitrogens with one attached hydrogen (secondary N) is 2. The highest BCUT2D eigenvalue weighted by Crippen LogP contribution is 2.19. The maximum atomic E-state index is 4.56. The molecule has 0 aliphatic heterocycles. The average Bonchev–Trinajstić information content (AvgIpc) is 2.81. The van der Waals surface area contributed by atoms with E-state index >= 15 is 0 Å². The topological polar surface area (TPSA) is 54.2 Å². The van der Waals surface area contributed by atoms with Gasteiger partial charge in [0.2, 0.25) is 0 Å². The number of anilines is 1.